The highest BCUT2D eigenvalue weighted by atomic mass is 35.5. The van der Waals surface area contributed by atoms with Gasteiger partial charge in [0.1, 0.15) is 11.3 Å². The lowest BCUT2D eigenvalue weighted by Gasteiger charge is -2.06. The molecule has 3 aromatic rings. The van der Waals surface area contributed by atoms with Gasteiger partial charge in [0.25, 0.3) is 0 Å². The molecule has 0 aliphatic carbocycles. The van der Waals surface area contributed by atoms with Crippen LogP contribution in [0.15, 0.2) is 16.7 Å². The molecule has 0 atom stereocenters. The highest BCUT2D eigenvalue weighted by Gasteiger charge is 2.17. The van der Waals surface area contributed by atoms with Crippen molar-refractivity contribution in [2.75, 3.05) is 0 Å². The molecule has 0 aliphatic rings. The summed E-state index contributed by atoms with van der Waals surface area (Å²) < 4.78 is 34.0. The number of halogens is 3. The van der Waals surface area contributed by atoms with E-state index in [0.717, 1.165) is 6.07 Å². The van der Waals surface area contributed by atoms with Gasteiger partial charge in [0, 0.05) is 13.0 Å². The van der Waals surface area contributed by atoms with Crippen molar-refractivity contribution in [3.8, 4) is 0 Å². The molecule has 2 aromatic heterocycles. The first-order chi connectivity index (χ1) is 10.1. The van der Waals surface area contributed by atoms with Gasteiger partial charge in [-0.2, -0.15) is 4.98 Å². The molecular weight excluding hydrogens is 302 g/mol. The van der Waals surface area contributed by atoms with Crippen molar-refractivity contribution in [3.05, 3.63) is 41.3 Å². The smallest absolute Gasteiger partial charge is 0.228 e. The van der Waals surface area contributed by atoms with E-state index < -0.39 is 11.6 Å². The van der Waals surface area contributed by atoms with E-state index in [2.05, 4.69) is 15.1 Å². The Labute approximate surface area is 123 Å². The van der Waals surface area contributed by atoms with Crippen LogP contribution in [0.4, 0.5) is 8.78 Å². The Hall–Kier alpha value is -2.02. The van der Waals surface area contributed by atoms with Gasteiger partial charge in [-0.15, -0.1) is 11.6 Å². The Morgan fingerprint density at radius 3 is 2.76 bits per heavy atom. The van der Waals surface area contributed by atoms with Crippen LogP contribution >= 0.6 is 11.6 Å². The highest BCUT2D eigenvalue weighted by Crippen LogP contribution is 2.23. The van der Waals surface area contributed by atoms with E-state index in [9.17, 15) is 8.78 Å². The van der Waals surface area contributed by atoms with Gasteiger partial charge in [0.15, 0.2) is 17.5 Å². The monoisotopic (exact) mass is 312 g/mol. The topological polar surface area (TPSA) is 56.7 Å². The largest absolute Gasteiger partial charge is 0.339 e. The minimum Gasteiger partial charge on any atom is -0.339 e. The fraction of sp³-hybridized carbons (Fsp3) is 0.308. The zero-order chi connectivity index (χ0) is 15.0. The first-order valence-electron chi connectivity index (χ1n) is 6.28. The van der Waals surface area contributed by atoms with E-state index in [-0.39, 0.29) is 11.4 Å². The van der Waals surface area contributed by atoms with Crippen molar-refractivity contribution in [3.63, 3.8) is 0 Å². The zero-order valence-corrected chi connectivity index (χ0v) is 11.9. The molecule has 0 spiro atoms. The number of fused-ring (bicyclic) bond motifs is 1. The van der Waals surface area contributed by atoms with Crippen LogP contribution < -0.4 is 0 Å². The Morgan fingerprint density at radius 2 is 2.10 bits per heavy atom. The van der Waals surface area contributed by atoms with Crippen molar-refractivity contribution in [2.24, 2.45) is 0 Å². The van der Waals surface area contributed by atoms with Crippen molar-refractivity contribution in [1.82, 2.24) is 19.7 Å². The number of aromatic nitrogens is 4. The quantitative estimate of drug-likeness (QED) is 0.695. The molecule has 0 fully saturated rings. The summed E-state index contributed by atoms with van der Waals surface area (Å²) in [5.41, 5.74) is 0.466. The predicted octanol–water partition coefficient (Wildman–Crippen LogP) is 2.99. The Morgan fingerprint density at radius 1 is 1.29 bits per heavy atom. The minimum atomic E-state index is -0.932. The molecule has 2 heterocycles. The summed E-state index contributed by atoms with van der Waals surface area (Å²) in [6.07, 6.45) is 0.381. The second-order valence-corrected chi connectivity index (χ2v) is 4.79. The van der Waals surface area contributed by atoms with Crippen LogP contribution in [0.5, 0.6) is 0 Å². The van der Waals surface area contributed by atoms with E-state index in [0.29, 0.717) is 36.0 Å². The second kappa shape index (κ2) is 5.40. The molecule has 8 heteroatoms. The SMILES string of the molecule is Cc1noc(CCn2c(CCl)nc3ccc(F)c(F)c32)n1. The van der Waals surface area contributed by atoms with Crippen molar-refractivity contribution in [2.45, 2.75) is 25.8 Å². The molecule has 0 radical (unpaired) electrons. The molecule has 5 nitrogen and oxygen atoms in total. The maximum atomic E-state index is 14.0. The van der Waals surface area contributed by atoms with Crippen molar-refractivity contribution in [1.29, 1.82) is 0 Å². The molecule has 0 bridgehead atoms. The molecular formula is C13H11ClF2N4O. The van der Waals surface area contributed by atoms with Crippen molar-refractivity contribution >= 4 is 22.6 Å². The van der Waals surface area contributed by atoms with E-state index in [1.165, 1.54) is 6.07 Å². The Kier molecular flexibility index (Phi) is 3.59. The zero-order valence-electron chi connectivity index (χ0n) is 11.1. The standard InChI is InChI=1S/C13H11ClF2N4O/c1-7-17-11(21-19-7)4-5-20-10(6-14)18-9-3-2-8(15)12(16)13(9)20/h2-3H,4-6H2,1H3. The molecule has 0 saturated carbocycles. The summed E-state index contributed by atoms with van der Waals surface area (Å²) in [7, 11) is 0. The molecule has 0 amide bonds. The number of alkyl halides is 1. The van der Waals surface area contributed by atoms with E-state index in [1.807, 2.05) is 0 Å². The first-order valence-corrected chi connectivity index (χ1v) is 6.82. The second-order valence-electron chi connectivity index (χ2n) is 4.53. The third-order valence-corrected chi connectivity index (χ3v) is 3.36. The molecule has 0 unspecified atom stereocenters. The lowest BCUT2D eigenvalue weighted by atomic mass is 10.3. The van der Waals surface area contributed by atoms with Crippen LogP contribution in [-0.4, -0.2) is 19.7 Å². The Balaban J connectivity index is 2.01. The van der Waals surface area contributed by atoms with Crippen LogP contribution in [0.3, 0.4) is 0 Å². The molecule has 3 rings (SSSR count). The van der Waals surface area contributed by atoms with Gasteiger partial charge >= 0.3 is 0 Å². The third-order valence-electron chi connectivity index (χ3n) is 3.12. The van der Waals surface area contributed by atoms with Gasteiger partial charge in [-0.1, -0.05) is 5.16 Å². The maximum absolute atomic E-state index is 14.0. The average Bonchev–Trinajstić information content (AvgIpc) is 3.04. The number of rotatable bonds is 4. The molecule has 21 heavy (non-hydrogen) atoms. The fourth-order valence-corrected chi connectivity index (χ4v) is 2.40. The number of hydrogen-bond donors (Lipinski definition) is 0. The summed E-state index contributed by atoms with van der Waals surface area (Å²) in [5, 5.41) is 3.68. The van der Waals surface area contributed by atoms with E-state index in [4.69, 9.17) is 16.1 Å². The fourth-order valence-electron chi connectivity index (χ4n) is 2.20. The maximum Gasteiger partial charge on any atom is 0.228 e. The Bertz CT molecular complexity index is 799. The summed E-state index contributed by atoms with van der Waals surface area (Å²) in [4.78, 5) is 8.28. The first kappa shape index (κ1) is 13.9. The van der Waals surface area contributed by atoms with Crippen LogP contribution in [0, 0.1) is 18.6 Å². The minimum absolute atomic E-state index is 0.0958. The lowest BCUT2D eigenvalue weighted by Crippen LogP contribution is -2.07. The van der Waals surface area contributed by atoms with Gasteiger partial charge in [-0.05, 0) is 19.1 Å². The molecule has 1 aromatic carbocycles. The number of hydrogen-bond acceptors (Lipinski definition) is 4. The normalized spacial score (nSPS) is 11.4. The molecule has 110 valence electrons. The summed E-state index contributed by atoms with van der Waals surface area (Å²) in [6, 6.07) is 2.48. The number of imidazole rings is 1. The van der Waals surface area contributed by atoms with E-state index in [1.54, 1.807) is 11.5 Å². The van der Waals surface area contributed by atoms with Crippen LogP contribution in [0.2, 0.25) is 0 Å². The van der Waals surface area contributed by atoms with Gasteiger partial charge < -0.3 is 9.09 Å². The van der Waals surface area contributed by atoms with Crippen molar-refractivity contribution < 1.29 is 13.3 Å². The number of aryl methyl sites for hydroxylation is 3. The van der Waals surface area contributed by atoms with E-state index >= 15 is 0 Å². The number of nitrogens with zero attached hydrogens (tertiary/aromatic N) is 4. The summed E-state index contributed by atoms with van der Waals surface area (Å²) in [6.45, 7) is 2.03. The van der Waals surface area contributed by atoms with Gasteiger partial charge in [0.05, 0.1) is 11.4 Å². The highest BCUT2D eigenvalue weighted by molar-refractivity contribution is 6.16. The molecule has 0 aliphatic heterocycles. The van der Waals surface area contributed by atoms with Crippen LogP contribution in [-0.2, 0) is 18.8 Å². The van der Waals surface area contributed by atoms with Gasteiger partial charge in [-0.25, -0.2) is 13.8 Å². The van der Waals surface area contributed by atoms with Gasteiger partial charge in [-0.3, -0.25) is 0 Å². The predicted molar refractivity (Wildman–Crippen MR) is 71.9 cm³/mol. The molecule has 0 N–H and O–H groups in total. The average molecular weight is 313 g/mol. The number of benzene rings is 1. The summed E-state index contributed by atoms with van der Waals surface area (Å²) >= 11 is 5.83. The summed E-state index contributed by atoms with van der Waals surface area (Å²) in [5.74, 6) is -0.343. The lowest BCUT2D eigenvalue weighted by molar-refractivity contribution is 0.368. The van der Waals surface area contributed by atoms with Gasteiger partial charge in [0.2, 0.25) is 5.89 Å². The van der Waals surface area contributed by atoms with Crippen LogP contribution in [0.1, 0.15) is 17.5 Å². The molecule has 0 saturated heterocycles. The van der Waals surface area contributed by atoms with Crippen LogP contribution in [0.25, 0.3) is 11.0 Å². The third kappa shape index (κ3) is 2.49.